The molecule has 126 valence electrons. The van der Waals surface area contributed by atoms with Gasteiger partial charge in [0, 0.05) is 23.5 Å². The minimum absolute atomic E-state index is 0.0841. The average Bonchev–Trinajstić information content (AvgIpc) is 3.07. The highest BCUT2D eigenvalue weighted by Gasteiger charge is 2.18. The van der Waals surface area contributed by atoms with Crippen LogP contribution in [0, 0.1) is 10.1 Å². The number of nitrogens with one attached hydrogen (secondary N) is 1. The fraction of sp³-hybridized carbons (Fsp3) is 0.0588. The van der Waals surface area contributed by atoms with E-state index in [0.717, 1.165) is 5.69 Å². The highest BCUT2D eigenvalue weighted by Crippen LogP contribution is 2.23. The maximum Gasteiger partial charge on any atom is 0.274 e. The summed E-state index contributed by atoms with van der Waals surface area (Å²) >= 11 is 1.42. The number of carbonyl (C=O) groups is 1. The number of nitro groups is 1. The van der Waals surface area contributed by atoms with Gasteiger partial charge in [0.25, 0.3) is 11.6 Å². The van der Waals surface area contributed by atoms with Gasteiger partial charge in [-0.25, -0.2) is 4.98 Å². The van der Waals surface area contributed by atoms with Crippen molar-refractivity contribution in [3.8, 4) is 5.69 Å². The topological polar surface area (TPSA) is 90.1 Å². The molecule has 0 aliphatic rings. The third-order valence-corrected chi connectivity index (χ3v) is 4.13. The second-order valence-electron chi connectivity index (χ2n) is 5.06. The van der Waals surface area contributed by atoms with Crippen molar-refractivity contribution in [2.45, 2.75) is 5.16 Å². The molecular formula is C17H14N4O3S. The zero-order valence-corrected chi connectivity index (χ0v) is 14.1. The Morgan fingerprint density at radius 2 is 1.96 bits per heavy atom. The standard InChI is InChI=1S/C17H14N4O3S/c1-25-17-18-11-15(20(17)13-7-3-2-4-8-13)16(22)19-12-6-5-9-14(10-12)21(23)24/h2-11H,1H3,(H,19,22). The molecule has 0 saturated carbocycles. The Morgan fingerprint density at radius 3 is 2.64 bits per heavy atom. The second kappa shape index (κ2) is 7.18. The van der Waals surface area contributed by atoms with E-state index in [1.165, 1.54) is 36.2 Å². The maximum absolute atomic E-state index is 12.7. The summed E-state index contributed by atoms with van der Waals surface area (Å²) in [5.41, 5.74) is 1.43. The number of benzene rings is 2. The second-order valence-corrected chi connectivity index (χ2v) is 5.84. The lowest BCUT2D eigenvalue weighted by Gasteiger charge is -2.11. The number of nitrogens with zero attached hydrogens (tertiary/aromatic N) is 3. The number of aromatic nitrogens is 2. The Labute approximate surface area is 147 Å². The van der Waals surface area contributed by atoms with Crippen molar-refractivity contribution >= 4 is 29.0 Å². The van der Waals surface area contributed by atoms with Crippen LogP contribution in [0.3, 0.4) is 0 Å². The number of imidazole rings is 1. The molecule has 3 aromatic rings. The summed E-state index contributed by atoms with van der Waals surface area (Å²) in [7, 11) is 0. The quantitative estimate of drug-likeness (QED) is 0.428. The smallest absolute Gasteiger partial charge is 0.274 e. The first-order chi connectivity index (χ1) is 12.1. The summed E-state index contributed by atoms with van der Waals surface area (Å²) in [5, 5.41) is 14.2. The Balaban J connectivity index is 1.94. The summed E-state index contributed by atoms with van der Waals surface area (Å²) in [6.45, 7) is 0. The van der Waals surface area contributed by atoms with Gasteiger partial charge in [-0.1, -0.05) is 36.0 Å². The lowest BCUT2D eigenvalue weighted by Crippen LogP contribution is -2.16. The van der Waals surface area contributed by atoms with Gasteiger partial charge in [0.1, 0.15) is 5.69 Å². The molecule has 25 heavy (non-hydrogen) atoms. The van der Waals surface area contributed by atoms with Gasteiger partial charge in [0.2, 0.25) is 0 Å². The fourth-order valence-electron chi connectivity index (χ4n) is 2.36. The van der Waals surface area contributed by atoms with E-state index in [1.54, 1.807) is 10.6 Å². The minimum atomic E-state index is -0.504. The van der Waals surface area contributed by atoms with Gasteiger partial charge in [-0.2, -0.15) is 0 Å². The number of non-ortho nitro benzene ring substituents is 1. The van der Waals surface area contributed by atoms with Crippen LogP contribution < -0.4 is 5.32 Å². The number of carbonyl (C=O) groups excluding carboxylic acids is 1. The molecule has 1 N–H and O–H groups in total. The van der Waals surface area contributed by atoms with Crippen LogP contribution in [0.15, 0.2) is 66.0 Å². The van der Waals surface area contributed by atoms with Crippen LogP contribution in [0.25, 0.3) is 5.69 Å². The van der Waals surface area contributed by atoms with Crippen LogP contribution >= 0.6 is 11.8 Å². The Hall–Kier alpha value is -3.13. The molecule has 1 amide bonds. The predicted molar refractivity (Wildman–Crippen MR) is 96.4 cm³/mol. The van der Waals surface area contributed by atoms with Gasteiger partial charge in [0.15, 0.2) is 5.16 Å². The Kier molecular flexibility index (Phi) is 4.80. The Bertz CT molecular complexity index is 925. The first-order valence-corrected chi connectivity index (χ1v) is 8.55. The van der Waals surface area contributed by atoms with Crippen LogP contribution in [-0.2, 0) is 0 Å². The van der Waals surface area contributed by atoms with Crippen molar-refractivity contribution < 1.29 is 9.72 Å². The molecule has 0 aliphatic carbocycles. The van der Waals surface area contributed by atoms with E-state index in [4.69, 9.17) is 0 Å². The van der Waals surface area contributed by atoms with E-state index in [1.807, 2.05) is 36.6 Å². The number of hydrogen-bond acceptors (Lipinski definition) is 5. The van der Waals surface area contributed by atoms with Gasteiger partial charge >= 0.3 is 0 Å². The summed E-state index contributed by atoms with van der Waals surface area (Å²) < 4.78 is 1.75. The average molecular weight is 354 g/mol. The van der Waals surface area contributed by atoms with E-state index in [9.17, 15) is 14.9 Å². The number of nitro benzene ring substituents is 1. The highest BCUT2D eigenvalue weighted by molar-refractivity contribution is 7.98. The minimum Gasteiger partial charge on any atom is -0.320 e. The third-order valence-electron chi connectivity index (χ3n) is 3.47. The molecule has 0 aliphatic heterocycles. The molecule has 0 unspecified atom stereocenters. The van der Waals surface area contributed by atoms with E-state index in [2.05, 4.69) is 10.3 Å². The number of thioether (sulfide) groups is 1. The summed E-state index contributed by atoms with van der Waals surface area (Å²) in [6, 6.07) is 15.2. The van der Waals surface area contributed by atoms with Crippen LogP contribution in [0.1, 0.15) is 10.5 Å². The van der Waals surface area contributed by atoms with Crippen molar-refractivity contribution in [1.29, 1.82) is 0 Å². The number of rotatable bonds is 5. The molecule has 0 spiro atoms. The lowest BCUT2D eigenvalue weighted by atomic mass is 10.2. The number of anilines is 1. The molecule has 0 radical (unpaired) electrons. The van der Waals surface area contributed by atoms with Crippen molar-refractivity contribution in [2.24, 2.45) is 0 Å². The van der Waals surface area contributed by atoms with Crippen molar-refractivity contribution in [3.05, 3.63) is 76.6 Å². The third kappa shape index (κ3) is 3.53. The number of para-hydroxylation sites is 1. The predicted octanol–water partition coefficient (Wildman–Crippen LogP) is 3.75. The SMILES string of the molecule is CSc1ncc(C(=O)Nc2cccc([N+](=O)[O-])c2)n1-c1ccccc1. The van der Waals surface area contributed by atoms with Gasteiger partial charge in [0.05, 0.1) is 11.1 Å². The summed E-state index contributed by atoms with van der Waals surface area (Å²) in [5.74, 6) is -0.392. The van der Waals surface area contributed by atoms with Gasteiger partial charge in [-0.15, -0.1) is 0 Å². The maximum atomic E-state index is 12.7. The van der Waals surface area contributed by atoms with Crippen molar-refractivity contribution in [2.75, 3.05) is 11.6 Å². The van der Waals surface area contributed by atoms with E-state index in [-0.39, 0.29) is 5.69 Å². The van der Waals surface area contributed by atoms with E-state index < -0.39 is 10.8 Å². The van der Waals surface area contributed by atoms with Crippen LogP contribution in [-0.4, -0.2) is 26.6 Å². The molecule has 0 atom stereocenters. The number of amides is 1. The van der Waals surface area contributed by atoms with Crippen molar-refractivity contribution in [1.82, 2.24) is 9.55 Å². The lowest BCUT2D eigenvalue weighted by molar-refractivity contribution is -0.384. The zero-order chi connectivity index (χ0) is 17.8. The van der Waals surface area contributed by atoms with E-state index >= 15 is 0 Å². The molecule has 2 aromatic carbocycles. The molecule has 3 rings (SSSR count). The molecule has 0 saturated heterocycles. The number of hydrogen-bond donors (Lipinski definition) is 1. The highest BCUT2D eigenvalue weighted by atomic mass is 32.2. The molecule has 1 aromatic heterocycles. The van der Waals surface area contributed by atoms with Crippen LogP contribution in [0.4, 0.5) is 11.4 Å². The largest absolute Gasteiger partial charge is 0.320 e. The zero-order valence-electron chi connectivity index (χ0n) is 13.2. The first-order valence-electron chi connectivity index (χ1n) is 7.33. The molecule has 1 heterocycles. The first kappa shape index (κ1) is 16.7. The monoisotopic (exact) mass is 354 g/mol. The molecule has 0 fully saturated rings. The molecule has 7 nitrogen and oxygen atoms in total. The van der Waals surface area contributed by atoms with E-state index in [0.29, 0.717) is 16.5 Å². The van der Waals surface area contributed by atoms with Crippen molar-refractivity contribution in [3.63, 3.8) is 0 Å². The molecule has 0 bridgehead atoms. The van der Waals surface area contributed by atoms with Gasteiger partial charge < -0.3 is 5.32 Å². The molecule has 8 heteroatoms. The Morgan fingerprint density at radius 1 is 1.20 bits per heavy atom. The summed E-state index contributed by atoms with van der Waals surface area (Å²) in [6.07, 6.45) is 3.37. The van der Waals surface area contributed by atoms with Gasteiger partial charge in [-0.3, -0.25) is 19.5 Å². The van der Waals surface area contributed by atoms with Crippen LogP contribution in [0.5, 0.6) is 0 Å². The van der Waals surface area contributed by atoms with Gasteiger partial charge in [-0.05, 0) is 24.5 Å². The van der Waals surface area contributed by atoms with Crippen LogP contribution in [0.2, 0.25) is 0 Å². The summed E-state index contributed by atoms with van der Waals surface area (Å²) in [4.78, 5) is 27.3. The fourth-order valence-corrected chi connectivity index (χ4v) is 2.90. The normalized spacial score (nSPS) is 10.4. The molecular weight excluding hydrogens is 340 g/mol.